The summed E-state index contributed by atoms with van der Waals surface area (Å²) in [4.78, 5) is 8.45. The molecule has 0 amide bonds. The van der Waals surface area contributed by atoms with E-state index in [4.69, 9.17) is 0 Å². The maximum Gasteiger partial charge on any atom is 0.125 e. The second-order valence-electron chi connectivity index (χ2n) is 2.57. The molecule has 0 aliphatic carbocycles. The van der Waals surface area contributed by atoms with Crippen LogP contribution in [0.1, 0.15) is 30.2 Å². The van der Waals surface area contributed by atoms with Crippen molar-refractivity contribution < 1.29 is 0 Å². The Hall–Kier alpha value is -0.920. The van der Waals surface area contributed by atoms with Gasteiger partial charge in [-0.2, -0.15) is 0 Å². The van der Waals surface area contributed by atoms with Gasteiger partial charge in [-0.15, -0.1) is 0 Å². The van der Waals surface area contributed by atoms with Crippen LogP contribution in [0.2, 0.25) is 0 Å². The first-order chi connectivity index (χ1) is 4.61. The molecule has 0 aromatic carbocycles. The van der Waals surface area contributed by atoms with E-state index in [9.17, 15) is 0 Å². The van der Waals surface area contributed by atoms with E-state index in [0.717, 1.165) is 17.2 Å². The maximum absolute atomic E-state index is 4.22. The second-order valence-corrected chi connectivity index (χ2v) is 2.57. The van der Waals surface area contributed by atoms with Crippen LogP contribution in [0.4, 0.5) is 0 Å². The van der Waals surface area contributed by atoms with Crippen LogP contribution in [0.3, 0.4) is 0 Å². The fourth-order valence-corrected chi connectivity index (χ4v) is 0.940. The summed E-state index contributed by atoms with van der Waals surface area (Å²) in [5, 5.41) is 0. The highest BCUT2D eigenvalue weighted by molar-refractivity contribution is 5.21. The van der Waals surface area contributed by atoms with Crippen LogP contribution in [0.15, 0.2) is 0 Å². The van der Waals surface area contributed by atoms with Gasteiger partial charge in [0.15, 0.2) is 0 Å². The Morgan fingerprint density at radius 2 is 1.18 bits per heavy atom. The molecular weight excluding hydrogens is 136 g/mol. The molecule has 1 aromatic heterocycles. The molecular formula is C9H16N2. The van der Waals surface area contributed by atoms with Crippen molar-refractivity contribution in [2.45, 2.75) is 35.1 Å². The van der Waals surface area contributed by atoms with Crippen LogP contribution < -0.4 is 0 Å². The van der Waals surface area contributed by atoms with Crippen LogP contribution in [-0.4, -0.2) is 9.97 Å². The lowest BCUT2D eigenvalue weighted by Crippen LogP contribution is -1.97. The number of hydrogen-bond donors (Lipinski definition) is 0. The molecule has 0 unspecified atom stereocenters. The molecule has 0 aliphatic heterocycles. The van der Waals surface area contributed by atoms with Gasteiger partial charge < -0.3 is 0 Å². The standard InChI is InChI=1S/C8H12N2.CH4/c1-5-6(2)9-8(4)10-7(5)3;/h1-4H3;1H4. The largest absolute Gasteiger partial charge is 0.238 e. The topological polar surface area (TPSA) is 25.8 Å². The molecule has 1 rings (SSSR count). The van der Waals surface area contributed by atoms with Gasteiger partial charge in [0.25, 0.3) is 0 Å². The van der Waals surface area contributed by atoms with E-state index in [1.54, 1.807) is 0 Å². The van der Waals surface area contributed by atoms with Gasteiger partial charge in [0.2, 0.25) is 0 Å². The quantitative estimate of drug-likeness (QED) is 0.570. The summed E-state index contributed by atoms with van der Waals surface area (Å²) in [7, 11) is 0. The van der Waals surface area contributed by atoms with E-state index in [1.165, 1.54) is 5.56 Å². The monoisotopic (exact) mass is 152 g/mol. The highest BCUT2D eigenvalue weighted by atomic mass is 14.9. The van der Waals surface area contributed by atoms with Crippen molar-refractivity contribution >= 4 is 0 Å². The second kappa shape index (κ2) is 3.46. The number of aryl methyl sites for hydroxylation is 3. The first-order valence-electron chi connectivity index (χ1n) is 3.39. The number of hydrogen-bond acceptors (Lipinski definition) is 2. The third-order valence-corrected chi connectivity index (χ3v) is 1.74. The van der Waals surface area contributed by atoms with Crippen molar-refractivity contribution in [1.82, 2.24) is 9.97 Å². The lowest BCUT2D eigenvalue weighted by Gasteiger charge is -2.02. The fraction of sp³-hybridized carbons (Fsp3) is 0.556. The third-order valence-electron chi connectivity index (χ3n) is 1.74. The molecule has 2 heteroatoms. The molecule has 0 saturated heterocycles. The summed E-state index contributed by atoms with van der Waals surface area (Å²) in [6.45, 7) is 7.98. The Balaban J connectivity index is 0.000001000. The molecule has 0 saturated carbocycles. The highest BCUT2D eigenvalue weighted by Gasteiger charge is 1.99. The van der Waals surface area contributed by atoms with Crippen molar-refractivity contribution in [3.05, 3.63) is 22.8 Å². The molecule has 1 aromatic rings. The van der Waals surface area contributed by atoms with Crippen LogP contribution in [0.5, 0.6) is 0 Å². The van der Waals surface area contributed by atoms with Gasteiger partial charge in [-0.05, 0) is 33.3 Å². The summed E-state index contributed by atoms with van der Waals surface area (Å²) >= 11 is 0. The summed E-state index contributed by atoms with van der Waals surface area (Å²) in [5.41, 5.74) is 3.38. The van der Waals surface area contributed by atoms with Crippen molar-refractivity contribution in [2.75, 3.05) is 0 Å². The Morgan fingerprint density at radius 3 is 1.55 bits per heavy atom. The fourth-order valence-electron chi connectivity index (χ4n) is 0.940. The van der Waals surface area contributed by atoms with Gasteiger partial charge in [0.05, 0.1) is 0 Å². The molecule has 0 atom stereocenters. The molecule has 0 spiro atoms. The predicted octanol–water partition coefficient (Wildman–Crippen LogP) is 2.35. The third kappa shape index (κ3) is 2.00. The smallest absolute Gasteiger partial charge is 0.125 e. The SMILES string of the molecule is C.Cc1nc(C)c(C)c(C)n1. The van der Waals surface area contributed by atoms with E-state index >= 15 is 0 Å². The summed E-state index contributed by atoms with van der Waals surface area (Å²) < 4.78 is 0. The van der Waals surface area contributed by atoms with Gasteiger partial charge in [-0.1, -0.05) is 7.43 Å². The van der Waals surface area contributed by atoms with Gasteiger partial charge in [-0.3, -0.25) is 0 Å². The van der Waals surface area contributed by atoms with E-state index in [-0.39, 0.29) is 7.43 Å². The van der Waals surface area contributed by atoms with Gasteiger partial charge in [0, 0.05) is 11.4 Å². The summed E-state index contributed by atoms with van der Waals surface area (Å²) in [5.74, 6) is 0.862. The van der Waals surface area contributed by atoms with Gasteiger partial charge in [-0.25, -0.2) is 9.97 Å². The zero-order valence-corrected chi connectivity index (χ0v) is 6.89. The van der Waals surface area contributed by atoms with Crippen molar-refractivity contribution in [2.24, 2.45) is 0 Å². The summed E-state index contributed by atoms with van der Waals surface area (Å²) in [6.07, 6.45) is 0. The lowest BCUT2D eigenvalue weighted by molar-refractivity contribution is 0.948. The molecule has 0 fully saturated rings. The number of aromatic nitrogens is 2. The molecule has 62 valence electrons. The predicted molar refractivity (Wildman–Crippen MR) is 47.7 cm³/mol. The Morgan fingerprint density at radius 1 is 0.818 bits per heavy atom. The van der Waals surface area contributed by atoms with Gasteiger partial charge >= 0.3 is 0 Å². The van der Waals surface area contributed by atoms with E-state index in [0.29, 0.717) is 0 Å². The maximum atomic E-state index is 4.22. The van der Waals surface area contributed by atoms with E-state index < -0.39 is 0 Å². The Bertz CT molecular complexity index is 231. The number of rotatable bonds is 0. The van der Waals surface area contributed by atoms with Crippen LogP contribution in [0, 0.1) is 27.7 Å². The Labute approximate surface area is 68.7 Å². The minimum absolute atomic E-state index is 0. The van der Waals surface area contributed by atoms with Crippen LogP contribution >= 0.6 is 0 Å². The van der Waals surface area contributed by atoms with Crippen LogP contribution in [-0.2, 0) is 0 Å². The molecule has 0 N–H and O–H groups in total. The van der Waals surface area contributed by atoms with E-state index in [1.807, 2.05) is 27.7 Å². The minimum Gasteiger partial charge on any atom is -0.238 e. The van der Waals surface area contributed by atoms with Crippen molar-refractivity contribution in [1.29, 1.82) is 0 Å². The molecule has 1 heterocycles. The van der Waals surface area contributed by atoms with Crippen LogP contribution in [0.25, 0.3) is 0 Å². The molecule has 2 nitrogen and oxygen atoms in total. The minimum atomic E-state index is 0. The first-order valence-corrected chi connectivity index (χ1v) is 3.39. The van der Waals surface area contributed by atoms with Gasteiger partial charge in [0.1, 0.15) is 5.82 Å². The van der Waals surface area contributed by atoms with E-state index in [2.05, 4.69) is 9.97 Å². The number of nitrogens with zero attached hydrogens (tertiary/aromatic N) is 2. The molecule has 0 radical (unpaired) electrons. The Kier molecular flexibility index (Phi) is 3.18. The normalized spacial score (nSPS) is 9.09. The first kappa shape index (κ1) is 10.1. The lowest BCUT2D eigenvalue weighted by atomic mass is 10.2. The van der Waals surface area contributed by atoms with Crippen molar-refractivity contribution in [3.8, 4) is 0 Å². The molecule has 11 heavy (non-hydrogen) atoms. The zero-order chi connectivity index (χ0) is 7.72. The zero-order valence-electron chi connectivity index (χ0n) is 6.89. The summed E-state index contributed by atoms with van der Waals surface area (Å²) in [6, 6.07) is 0. The van der Waals surface area contributed by atoms with Crippen molar-refractivity contribution in [3.63, 3.8) is 0 Å². The molecule has 0 bridgehead atoms. The molecule has 0 aliphatic rings. The highest BCUT2D eigenvalue weighted by Crippen LogP contribution is 2.06. The average Bonchev–Trinajstić information content (AvgIpc) is 1.82. The average molecular weight is 152 g/mol.